The van der Waals surface area contributed by atoms with Gasteiger partial charge >= 0.3 is 0 Å². The van der Waals surface area contributed by atoms with Gasteiger partial charge in [0, 0.05) is 6.20 Å². The van der Waals surface area contributed by atoms with E-state index in [-0.39, 0.29) is 18.3 Å². The van der Waals surface area contributed by atoms with E-state index in [1.807, 2.05) is 36.5 Å². The largest absolute Gasteiger partial charge is 0.322 e. The second-order valence-corrected chi connectivity index (χ2v) is 5.38. The van der Waals surface area contributed by atoms with Gasteiger partial charge in [-0.3, -0.25) is 9.48 Å². The lowest BCUT2D eigenvalue weighted by Crippen LogP contribution is -2.56. The van der Waals surface area contributed by atoms with Gasteiger partial charge in [0.25, 0.3) is 0 Å². The fourth-order valence-electron chi connectivity index (χ4n) is 2.33. The van der Waals surface area contributed by atoms with Gasteiger partial charge in [0.05, 0.1) is 24.0 Å². The van der Waals surface area contributed by atoms with Crippen molar-refractivity contribution in [1.82, 2.24) is 9.78 Å². The molecule has 0 atom stereocenters. The maximum Gasteiger partial charge on any atom is 0.244 e. The van der Waals surface area contributed by atoms with Gasteiger partial charge in [-0.15, -0.1) is 12.4 Å². The number of aromatic nitrogens is 2. The Labute approximate surface area is 129 Å². The van der Waals surface area contributed by atoms with Crippen LogP contribution in [0.25, 0.3) is 0 Å². The third-order valence-electron chi connectivity index (χ3n) is 3.78. The molecule has 5 nitrogen and oxygen atoms in total. The molecule has 1 aromatic heterocycles. The number of nitrogens with one attached hydrogen (secondary N) is 1. The Bertz CT molecular complexity index is 607. The topological polar surface area (TPSA) is 72.9 Å². The highest BCUT2D eigenvalue weighted by atomic mass is 35.5. The molecule has 2 aromatic rings. The number of nitrogens with two attached hydrogens (primary N) is 1. The number of amides is 1. The van der Waals surface area contributed by atoms with Crippen molar-refractivity contribution in [3.05, 3.63) is 48.3 Å². The molecular formula is C15H19ClN4O. The standard InChI is InChI=1S/C15H18N4O.ClH/c16-15(7-4-8-15)14(20)18-13-9-17-19(11-13)10-12-5-2-1-3-6-12;/h1-3,5-6,9,11H,4,7-8,10,16H2,(H,18,20);1H. The molecule has 1 aliphatic carbocycles. The molecule has 0 spiro atoms. The smallest absolute Gasteiger partial charge is 0.244 e. The van der Waals surface area contributed by atoms with Crippen molar-refractivity contribution < 1.29 is 4.79 Å². The highest BCUT2D eigenvalue weighted by molar-refractivity contribution is 5.98. The molecule has 1 amide bonds. The third kappa shape index (κ3) is 3.43. The second-order valence-electron chi connectivity index (χ2n) is 5.38. The summed E-state index contributed by atoms with van der Waals surface area (Å²) in [6, 6.07) is 10.1. The minimum Gasteiger partial charge on any atom is -0.322 e. The number of benzene rings is 1. The highest BCUT2D eigenvalue weighted by Crippen LogP contribution is 2.30. The molecular weight excluding hydrogens is 288 g/mol. The van der Waals surface area contributed by atoms with E-state index in [1.54, 1.807) is 10.9 Å². The Kier molecular flexibility index (Phi) is 4.65. The summed E-state index contributed by atoms with van der Waals surface area (Å²) in [5.41, 5.74) is 7.17. The molecule has 21 heavy (non-hydrogen) atoms. The van der Waals surface area contributed by atoms with Gasteiger partial charge in [-0.2, -0.15) is 5.10 Å². The molecule has 1 aliphatic rings. The van der Waals surface area contributed by atoms with Crippen LogP contribution in [0, 0.1) is 0 Å². The molecule has 0 unspecified atom stereocenters. The summed E-state index contributed by atoms with van der Waals surface area (Å²) in [6.07, 6.45) is 6.03. The second kappa shape index (κ2) is 6.28. The summed E-state index contributed by atoms with van der Waals surface area (Å²) < 4.78 is 1.80. The summed E-state index contributed by atoms with van der Waals surface area (Å²) >= 11 is 0. The zero-order valence-electron chi connectivity index (χ0n) is 11.7. The van der Waals surface area contributed by atoms with Crippen LogP contribution in [0.15, 0.2) is 42.7 Å². The zero-order valence-corrected chi connectivity index (χ0v) is 12.5. The minimum absolute atomic E-state index is 0. The number of hydrogen-bond donors (Lipinski definition) is 2. The van der Waals surface area contributed by atoms with E-state index in [2.05, 4.69) is 10.4 Å². The van der Waals surface area contributed by atoms with Crippen LogP contribution in [-0.4, -0.2) is 21.2 Å². The summed E-state index contributed by atoms with van der Waals surface area (Å²) in [5.74, 6) is -0.108. The molecule has 1 saturated carbocycles. The van der Waals surface area contributed by atoms with E-state index in [1.165, 1.54) is 5.56 Å². The van der Waals surface area contributed by atoms with E-state index in [0.29, 0.717) is 12.2 Å². The van der Waals surface area contributed by atoms with E-state index < -0.39 is 5.54 Å². The molecule has 0 radical (unpaired) electrons. The fourth-order valence-corrected chi connectivity index (χ4v) is 2.33. The Balaban J connectivity index is 0.00000161. The molecule has 3 N–H and O–H groups in total. The van der Waals surface area contributed by atoms with Crippen LogP contribution in [0.1, 0.15) is 24.8 Å². The normalized spacial score (nSPS) is 15.7. The van der Waals surface area contributed by atoms with Crippen molar-refractivity contribution >= 4 is 24.0 Å². The predicted octanol–water partition coefficient (Wildman–Crippen LogP) is 2.17. The van der Waals surface area contributed by atoms with Gasteiger partial charge in [-0.25, -0.2) is 0 Å². The number of nitrogens with zero attached hydrogens (tertiary/aromatic N) is 2. The summed E-state index contributed by atoms with van der Waals surface area (Å²) in [6.45, 7) is 0.685. The van der Waals surface area contributed by atoms with Gasteiger partial charge in [0.1, 0.15) is 0 Å². The summed E-state index contributed by atoms with van der Waals surface area (Å²) in [5, 5.41) is 7.09. The van der Waals surface area contributed by atoms with Crippen LogP contribution in [0.4, 0.5) is 5.69 Å². The first kappa shape index (κ1) is 15.5. The van der Waals surface area contributed by atoms with Gasteiger partial charge in [-0.05, 0) is 24.8 Å². The fraction of sp³-hybridized carbons (Fsp3) is 0.333. The Morgan fingerprint density at radius 1 is 1.33 bits per heavy atom. The maximum atomic E-state index is 12.0. The third-order valence-corrected chi connectivity index (χ3v) is 3.78. The lowest BCUT2D eigenvalue weighted by atomic mass is 9.77. The molecule has 0 aliphatic heterocycles. The van der Waals surface area contributed by atoms with Gasteiger partial charge in [0.2, 0.25) is 5.91 Å². The molecule has 1 heterocycles. The quantitative estimate of drug-likeness (QED) is 0.909. The molecule has 6 heteroatoms. The van der Waals surface area contributed by atoms with Crippen LogP contribution in [0.5, 0.6) is 0 Å². The molecule has 1 aromatic carbocycles. The lowest BCUT2D eigenvalue weighted by molar-refractivity contribution is -0.123. The van der Waals surface area contributed by atoms with Crippen molar-refractivity contribution in [3.63, 3.8) is 0 Å². The van der Waals surface area contributed by atoms with E-state index in [0.717, 1.165) is 19.3 Å². The molecule has 112 valence electrons. The van der Waals surface area contributed by atoms with Crippen molar-refractivity contribution in [2.24, 2.45) is 5.73 Å². The number of carbonyl (C=O) groups excluding carboxylic acids is 1. The average Bonchev–Trinajstić information content (AvgIpc) is 2.84. The molecule has 3 rings (SSSR count). The number of carbonyl (C=O) groups is 1. The molecule has 0 saturated heterocycles. The molecule has 0 bridgehead atoms. The average molecular weight is 307 g/mol. The van der Waals surface area contributed by atoms with E-state index in [4.69, 9.17) is 5.73 Å². The van der Waals surface area contributed by atoms with Crippen LogP contribution in [0.2, 0.25) is 0 Å². The minimum atomic E-state index is -0.679. The number of rotatable bonds is 4. The first-order valence-electron chi connectivity index (χ1n) is 6.82. The Hall–Kier alpha value is -1.85. The van der Waals surface area contributed by atoms with Crippen molar-refractivity contribution in [2.75, 3.05) is 5.32 Å². The monoisotopic (exact) mass is 306 g/mol. The number of anilines is 1. The highest BCUT2D eigenvalue weighted by Gasteiger charge is 2.40. The first-order valence-corrected chi connectivity index (χ1v) is 6.82. The SMILES string of the molecule is Cl.NC1(C(=O)Nc2cnn(Cc3ccccc3)c2)CCC1. The zero-order chi connectivity index (χ0) is 14.0. The Morgan fingerprint density at radius 2 is 2.05 bits per heavy atom. The number of halogens is 1. The van der Waals surface area contributed by atoms with Crippen LogP contribution >= 0.6 is 12.4 Å². The van der Waals surface area contributed by atoms with Crippen molar-refractivity contribution in [3.8, 4) is 0 Å². The maximum absolute atomic E-state index is 12.0. The summed E-state index contributed by atoms with van der Waals surface area (Å²) in [7, 11) is 0. The van der Waals surface area contributed by atoms with Crippen molar-refractivity contribution in [1.29, 1.82) is 0 Å². The Morgan fingerprint density at radius 3 is 2.67 bits per heavy atom. The van der Waals surface area contributed by atoms with Crippen LogP contribution < -0.4 is 11.1 Å². The number of hydrogen-bond acceptors (Lipinski definition) is 3. The van der Waals surface area contributed by atoms with Crippen LogP contribution in [-0.2, 0) is 11.3 Å². The van der Waals surface area contributed by atoms with Gasteiger partial charge < -0.3 is 11.1 Å². The van der Waals surface area contributed by atoms with Crippen LogP contribution in [0.3, 0.4) is 0 Å². The van der Waals surface area contributed by atoms with Gasteiger partial charge in [-0.1, -0.05) is 30.3 Å². The summed E-state index contributed by atoms with van der Waals surface area (Å²) in [4.78, 5) is 12.0. The molecule has 1 fully saturated rings. The van der Waals surface area contributed by atoms with E-state index in [9.17, 15) is 4.79 Å². The lowest BCUT2D eigenvalue weighted by Gasteiger charge is -2.35. The van der Waals surface area contributed by atoms with Crippen molar-refractivity contribution in [2.45, 2.75) is 31.3 Å². The van der Waals surface area contributed by atoms with Gasteiger partial charge in [0.15, 0.2) is 0 Å². The first-order chi connectivity index (χ1) is 9.66. The van der Waals surface area contributed by atoms with E-state index >= 15 is 0 Å². The predicted molar refractivity (Wildman–Crippen MR) is 84.4 cm³/mol.